The highest BCUT2D eigenvalue weighted by molar-refractivity contribution is 6.35. The molecular formula is C14H14O11. The Labute approximate surface area is 139 Å². The lowest BCUT2D eigenvalue weighted by Crippen LogP contribution is -2.49. The Balaban J connectivity index is 2.54. The van der Waals surface area contributed by atoms with Crippen molar-refractivity contribution in [1.82, 2.24) is 0 Å². The van der Waals surface area contributed by atoms with Gasteiger partial charge in [0.1, 0.15) is 29.6 Å². The van der Waals surface area contributed by atoms with Gasteiger partial charge in [0, 0.05) is 0 Å². The minimum absolute atomic E-state index is 0.255. The summed E-state index contributed by atoms with van der Waals surface area (Å²) in [5.41, 5.74) is -1.94. The third-order valence-corrected chi connectivity index (χ3v) is 3.79. The average Bonchev–Trinajstić information content (AvgIpc) is 2.82. The first kappa shape index (κ1) is 18.8. The zero-order valence-corrected chi connectivity index (χ0v) is 12.4. The highest BCUT2D eigenvalue weighted by Crippen LogP contribution is 2.42. The van der Waals surface area contributed by atoms with Crippen LogP contribution in [0.2, 0.25) is 0 Å². The zero-order chi connectivity index (χ0) is 19.1. The maximum absolute atomic E-state index is 12.4. The lowest BCUT2D eigenvalue weighted by atomic mass is 9.94. The maximum Gasteiger partial charge on any atom is 0.261 e. The monoisotopic (exact) mass is 358 g/mol. The van der Waals surface area contributed by atoms with E-state index in [1.165, 1.54) is 0 Å². The fraction of sp³-hybridized carbons (Fsp3) is 0.357. The summed E-state index contributed by atoms with van der Waals surface area (Å²) in [6.07, 6.45) is -5.85. The van der Waals surface area contributed by atoms with E-state index in [0.29, 0.717) is 6.07 Å². The smallest absolute Gasteiger partial charge is 0.261 e. The molecule has 1 fully saturated rings. The summed E-state index contributed by atoms with van der Waals surface area (Å²) in [5, 5.41) is 67.9. The van der Waals surface area contributed by atoms with Crippen LogP contribution in [0.3, 0.4) is 0 Å². The molecule has 7 N–H and O–H groups in total. The van der Waals surface area contributed by atoms with E-state index in [1.807, 2.05) is 0 Å². The number of aliphatic hydroxyl groups is 4. The van der Waals surface area contributed by atoms with Gasteiger partial charge < -0.3 is 40.5 Å². The van der Waals surface area contributed by atoms with Crippen molar-refractivity contribution in [1.29, 1.82) is 0 Å². The first-order valence-corrected chi connectivity index (χ1v) is 6.79. The Hall–Kier alpha value is -2.57. The van der Waals surface area contributed by atoms with Gasteiger partial charge in [-0.1, -0.05) is 0 Å². The number of ether oxygens (including phenoxy) is 1. The second-order valence-corrected chi connectivity index (χ2v) is 5.30. The number of aliphatic hydroxyl groups excluding tert-OH is 3. The lowest BCUT2D eigenvalue weighted by molar-refractivity contribution is -0.193. The number of benzene rings is 1. The summed E-state index contributed by atoms with van der Waals surface area (Å²) in [6.45, 7) is -0.858. The molecule has 1 aromatic carbocycles. The molecule has 25 heavy (non-hydrogen) atoms. The van der Waals surface area contributed by atoms with Gasteiger partial charge in [0.2, 0.25) is 11.6 Å². The fourth-order valence-corrected chi connectivity index (χ4v) is 2.45. The number of phenols is 3. The molecule has 1 aromatic rings. The summed E-state index contributed by atoms with van der Waals surface area (Å²) in [4.78, 5) is 34.2. The van der Waals surface area contributed by atoms with Gasteiger partial charge >= 0.3 is 0 Å². The van der Waals surface area contributed by atoms with Gasteiger partial charge in [0.05, 0.1) is 12.2 Å². The number of aromatic hydroxyl groups is 3. The van der Waals surface area contributed by atoms with Crippen molar-refractivity contribution in [2.75, 3.05) is 6.61 Å². The van der Waals surface area contributed by atoms with Crippen LogP contribution in [0.1, 0.15) is 20.7 Å². The van der Waals surface area contributed by atoms with E-state index in [-0.39, 0.29) is 6.29 Å². The van der Waals surface area contributed by atoms with E-state index < -0.39 is 70.6 Å². The summed E-state index contributed by atoms with van der Waals surface area (Å²) >= 11 is 0. The molecule has 0 amide bonds. The van der Waals surface area contributed by atoms with Crippen molar-refractivity contribution in [2.24, 2.45) is 0 Å². The molecular weight excluding hydrogens is 344 g/mol. The van der Waals surface area contributed by atoms with Gasteiger partial charge in [-0.2, -0.15) is 0 Å². The van der Waals surface area contributed by atoms with Crippen molar-refractivity contribution in [3.63, 3.8) is 0 Å². The van der Waals surface area contributed by atoms with Crippen LogP contribution < -0.4 is 0 Å². The van der Waals surface area contributed by atoms with Crippen LogP contribution in [0.4, 0.5) is 0 Å². The molecule has 0 spiro atoms. The van der Waals surface area contributed by atoms with Crippen molar-refractivity contribution in [2.45, 2.75) is 24.1 Å². The second kappa shape index (κ2) is 6.38. The molecule has 11 heteroatoms. The lowest BCUT2D eigenvalue weighted by Gasteiger charge is -2.25. The Morgan fingerprint density at radius 3 is 2.28 bits per heavy atom. The summed E-state index contributed by atoms with van der Waals surface area (Å²) in [7, 11) is 0. The Morgan fingerprint density at radius 1 is 1.20 bits per heavy atom. The van der Waals surface area contributed by atoms with E-state index in [4.69, 9.17) is 9.84 Å². The molecule has 1 heterocycles. The number of carbonyl (C=O) groups is 3. The third-order valence-electron chi connectivity index (χ3n) is 3.79. The van der Waals surface area contributed by atoms with Crippen LogP contribution in [0.15, 0.2) is 6.07 Å². The molecule has 1 aliphatic heterocycles. The topological polar surface area (TPSA) is 202 Å². The molecule has 1 saturated heterocycles. The Morgan fingerprint density at radius 2 is 1.80 bits per heavy atom. The maximum atomic E-state index is 12.4. The van der Waals surface area contributed by atoms with Crippen molar-refractivity contribution < 1.29 is 54.9 Å². The molecule has 0 saturated carbocycles. The number of rotatable bonds is 5. The molecule has 0 aromatic heterocycles. The molecule has 0 unspecified atom stereocenters. The molecule has 0 radical (unpaired) electrons. The van der Waals surface area contributed by atoms with Gasteiger partial charge in [0.25, 0.3) is 5.79 Å². The van der Waals surface area contributed by atoms with Gasteiger partial charge in [-0.05, 0) is 6.07 Å². The van der Waals surface area contributed by atoms with Crippen molar-refractivity contribution in [3.8, 4) is 17.2 Å². The van der Waals surface area contributed by atoms with Gasteiger partial charge in [-0.15, -0.1) is 0 Å². The predicted molar refractivity (Wildman–Crippen MR) is 75.1 cm³/mol. The second-order valence-electron chi connectivity index (χ2n) is 5.30. The van der Waals surface area contributed by atoms with Gasteiger partial charge in [-0.3, -0.25) is 14.4 Å². The molecule has 0 bridgehead atoms. The van der Waals surface area contributed by atoms with Crippen LogP contribution in [0.5, 0.6) is 17.2 Å². The van der Waals surface area contributed by atoms with Crippen molar-refractivity contribution in [3.05, 3.63) is 17.2 Å². The average molecular weight is 358 g/mol. The highest BCUT2D eigenvalue weighted by Gasteiger charge is 2.58. The minimum Gasteiger partial charge on any atom is -0.507 e. The Kier molecular flexibility index (Phi) is 4.79. The fourth-order valence-electron chi connectivity index (χ4n) is 2.45. The predicted octanol–water partition coefficient (Wildman–Crippen LogP) is -2.83. The largest absolute Gasteiger partial charge is 0.507 e. The first-order valence-electron chi connectivity index (χ1n) is 6.79. The zero-order valence-electron chi connectivity index (χ0n) is 12.4. The summed E-state index contributed by atoms with van der Waals surface area (Å²) in [6, 6.07) is 0.459. The summed E-state index contributed by atoms with van der Waals surface area (Å²) in [5.74, 6) is -9.74. The molecule has 11 nitrogen and oxygen atoms in total. The molecule has 4 atom stereocenters. The number of aldehydes is 1. The standard InChI is InChI=1S/C14H14O11/c15-2-6(18)8-5(17)1-4(9(19)11(8)21)12(22)14(24)13(23)10(20)7(3-16)25-14/h1-2,7,10,13,16-17,19-21,23-24H,3H2/t7-,10-,13-,14+/m0/s1. The quantitative estimate of drug-likeness (QED) is 0.0939. The number of ketones is 2. The van der Waals surface area contributed by atoms with Gasteiger partial charge in [-0.25, -0.2) is 0 Å². The molecule has 0 aliphatic carbocycles. The van der Waals surface area contributed by atoms with Crippen LogP contribution in [0, 0.1) is 0 Å². The van der Waals surface area contributed by atoms with Crippen molar-refractivity contribution >= 4 is 17.9 Å². The first-order chi connectivity index (χ1) is 11.6. The van der Waals surface area contributed by atoms with Crippen LogP contribution in [-0.2, 0) is 9.53 Å². The Bertz CT molecular complexity index is 743. The minimum atomic E-state index is -3.11. The third kappa shape index (κ3) is 2.73. The normalized spacial score (nSPS) is 28.7. The molecule has 1 aliphatic rings. The van der Waals surface area contributed by atoms with Gasteiger partial charge in [0.15, 0.2) is 17.8 Å². The number of hydrogen-bond acceptors (Lipinski definition) is 11. The van der Waals surface area contributed by atoms with Crippen LogP contribution >= 0.6 is 0 Å². The number of carbonyl (C=O) groups excluding carboxylic acids is 3. The van der Waals surface area contributed by atoms with E-state index >= 15 is 0 Å². The highest BCUT2D eigenvalue weighted by atomic mass is 16.7. The number of Topliss-reactive ketones (excluding diaryl/α,β-unsaturated/α-hetero) is 2. The SMILES string of the molecule is O=CC(=O)c1c(O)cc(C(=O)[C@@]2(O)O[C@@H](CO)[C@H](O)[C@@H]2O)c(O)c1O. The molecule has 136 valence electrons. The van der Waals surface area contributed by atoms with Crippen LogP contribution in [-0.4, -0.2) is 84.3 Å². The van der Waals surface area contributed by atoms with E-state index in [0.717, 1.165) is 0 Å². The summed E-state index contributed by atoms with van der Waals surface area (Å²) < 4.78 is 4.73. The number of hydrogen-bond donors (Lipinski definition) is 7. The van der Waals surface area contributed by atoms with Crippen LogP contribution in [0.25, 0.3) is 0 Å². The van der Waals surface area contributed by atoms with E-state index in [2.05, 4.69) is 0 Å². The number of phenolic OH excluding ortho intramolecular Hbond substituents is 3. The van der Waals surface area contributed by atoms with E-state index in [1.54, 1.807) is 0 Å². The van der Waals surface area contributed by atoms with E-state index in [9.17, 15) is 45.0 Å². The molecule has 2 rings (SSSR count).